The Balaban J connectivity index is 1.92. The maximum Gasteiger partial charge on any atom is 0.306 e. The molecule has 6 heteroatoms. The quantitative estimate of drug-likeness (QED) is 0.873. The zero-order valence-electron chi connectivity index (χ0n) is 11.6. The number of hydrazine groups is 1. The number of hydrazone groups is 1. The molecule has 1 aliphatic rings. The van der Waals surface area contributed by atoms with Crippen molar-refractivity contribution in [2.75, 3.05) is 18.6 Å². The van der Waals surface area contributed by atoms with Crippen molar-refractivity contribution in [3.63, 3.8) is 0 Å². The minimum atomic E-state index is -3.57. The molecule has 0 unspecified atom stereocenters. The third kappa shape index (κ3) is 2.75. The normalized spacial score (nSPS) is 14.3. The van der Waals surface area contributed by atoms with Crippen molar-refractivity contribution < 1.29 is 13.1 Å². The number of nitrogens with one attached hydrogen (secondary N) is 1. The van der Waals surface area contributed by atoms with Crippen LogP contribution in [0.25, 0.3) is 0 Å². The molecule has 1 heterocycles. The molecular weight excluding hydrogens is 286 g/mol. The first kappa shape index (κ1) is 13.6. The number of para-hydroxylation sites is 1. The molecule has 0 fully saturated rings. The van der Waals surface area contributed by atoms with Crippen molar-refractivity contribution in [2.45, 2.75) is 4.90 Å². The molecule has 5 nitrogen and oxygen atoms in total. The van der Waals surface area contributed by atoms with Crippen molar-refractivity contribution in [3.05, 3.63) is 60.2 Å². The average molecular weight is 302 g/mol. The lowest BCUT2D eigenvalue weighted by Crippen LogP contribution is -2.44. The minimum Gasteiger partial charge on any atom is -0.317 e. The van der Waals surface area contributed by atoms with Crippen molar-refractivity contribution in [1.82, 2.24) is 4.83 Å². The van der Waals surface area contributed by atoms with Crippen LogP contribution in [0.1, 0.15) is 5.56 Å². The molecule has 21 heavy (non-hydrogen) atoms. The number of sulfonamides is 1. The van der Waals surface area contributed by atoms with Crippen molar-refractivity contribution in [3.8, 4) is 0 Å². The first-order valence-corrected chi connectivity index (χ1v) is 8.04. The Morgan fingerprint density at radius 3 is 2.48 bits per heavy atom. The van der Waals surface area contributed by atoms with E-state index >= 15 is 0 Å². The molecule has 0 spiro atoms. The van der Waals surface area contributed by atoms with Crippen LogP contribution in [-0.4, -0.2) is 33.0 Å². The van der Waals surface area contributed by atoms with Gasteiger partial charge < -0.3 is 4.90 Å². The van der Waals surface area contributed by atoms with Gasteiger partial charge in [0, 0.05) is 7.05 Å². The van der Waals surface area contributed by atoms with E-state index in [-0.39, 0.29) is 4.90 Å². The first-order chi connectivity index (χ1) is 10.1. The lowest BCUT2D eigenvalue weighted by molar-refractivity contribution is -0.559. The van der Waals surface area contributed by atoms with E-state index in [1.54, 1.807) is 41.2 Å². The fraction of sp³-hybridized carbons (Fsp3) is 0.133. The van der Waals surface area contributed by atoms with Gasteiger partial charge in [0.2, 0.25) is 12.9 Å². The van der Waals surface area contributed by atoms with Gasteiger partial charge in [-0.15, -0.1) is 0 Å². The van der Waals surface area contributed by atoms with E-state index in [4.69, 9.17) is 0 Å². The largest absolute Gasteiger partial charge is 0.317 e. The molecule has 0 radical (unpaired) electrons. The smallest absolute Gasteiger partial charge is 0.306 e. The van der Waals surface area contributed by atoms with Gasteiger partial charge in [-0.05, 0) is 24.3 Å². The molecule has 2 aromatic carbocycles. The highest BCUT2D eigenvalue weighted by atomic mass is 32.2. The molecule has 2 aromatic rings. The molecule has 0 aromatic heterocycles. The number of hydrogen-bond acceptors (Lipinski definition) is 3. The SMILES string of the molecule is CN1C[N+](NS(=O)(=O)c2ccccc2)=Cc2ccccc21. The second-order valence-electron chi connectivity index (χ2n) is 4.90. The van der Waals surface area contributed by atoms with Crippen molar-refractivity contribution >= 4 is 21.9 Å². The van der Waals surface area contributed by atoms with E-state index in [1.807, 2.05) is 36.2 Å². The summed E-state index contributed by atoms with van der Waals surface area (Å²) in [6.07, 6.45) is 1.80. The predicted molar refractivity (Wildman–Crippen MR) is 81.9 cm³/mol. The fourth-order valence-electron chi connectivity index (χ4n) is 2.32. The van der Waals surface area contributed by atoms with Gasteiger partial charge in [-0.3, -0.25) is 0 Å². The number of benzene rings is 2. The van der Waals surface area contributed by atoms with Crippen LogP contribution in [0, 0.1) is 0 Å². The maximum atomic E-state index is 12.3. The molecule has 0 amide bonds. The van der Waals surface area contributed by atoms with Crippen LogP contribution in [0.2, 0.25) is 0 Å². The molecule has 0 saturated heterocycles. The summed E-state index contributed by atoms with van der Waals surface area (Å²) in [7, 11) is -1.64. The van der Waals surface area contributed by atoms with E-state index < -0.39 is 10.0 Å². The fourth-order valence-corrected chi connectivity index (χ4v) is 3.36. The molecule has 0 atom stereocenters. The summed E-state index contributed by atoms with van der Waals surface area (Å²) in [5.41, 5.74) is 2.05. The summed E-state index contributed by atoms with van der Waals surface area (Å²) in [5, 5.41) is 0. The van der Waals surface area contributed by atoms with Gasteiger partial charge >= 0.3 is 10.0 Å². The molecule has 1 N–H and O–H groups in total. The standard InChI is InChI=1S/C15H16N3O2S/c1-17-12-18(11-13-7-5-6-10-15(13)17)16-21(19,20)14-8-3-2-4-9-14/h2-11,16H,12H2,1H3/q+1. The summed E-state index contributed by atoms with van der Waals surface area (Å²) < 4.78 is 26.2. The Labute approximate surface area is 124 Å². The van der Waals surface area contributed by atoms with Crippen LogP contribution >= 0.6 is 0 Å². The van der Waals surface area contributed by atoms with Crippen LogP contribution in [0.5, 0.6) is 0 Å². The van der Waals surface area contributed by atoms with Crippen LogP contribution in [-0.2, 0) is 10.0 Å². The van der Waals surface area contributed by atoms with Gasteiger partial charge in [-0.2, -0.15) is 8.42 Å². The number of fused-ring (bicyclic) bond motifs is 1. The van der Waals surface area contributed by atoms with Crippen LogP contribution in [0.15, 0.2) is 59.5 Å². The lowest BCUT2D eigenvalue weighted by Gasteiger charge is -2.22. The minimum absolute atomic E-state index is 0.250. The Bertz CT molecular complexity index is 786. The van der Waals surface area contributed by atoms with E-state index in [9.17, 15) is 8.42 Å². The van der Waals surface area contributed by atoms with Gasteiger partial charge in [-0.1, -0.05) is 39.8 Å². The van der Waals surface area contributed by atoms with Gasteiger partial charge in [0.25, 0.3) is 0 Å². The van der Waals surface area contributed by atoms with E-state index in [0.29, 0.717) is 6.67 Å². The van der Waals surface area contributed by atoms with Crippen molar-refractivity contribution in [2.24, 2.45) is 0 Å². The summed E-state index contributed by atoms with van der Waals surface area (Å²) in [4.78, 5) is 4.83. The number of rotatable bonds is 3. The number of hydrogen-bond donors (Lipinski definition) is 1. The highest BCUT2D eigenvalue weighted by Gasteiger charge is 2.25. The Morgan fingerprint density at radius 1 is 1.05 bits per heavy atom. The van der Waals surface area contributed by atoms with Gasteiger partial charge in [0.15, 0.2) is 0 Å². The monoisotopic (exact) mass is 302 g/mol. The Kier molecular flexibility index (Phi) is 3.39. The molecule has 108 valence electrons. The topological polar surface area (TPSA) is 52.4 Å². The van der Waals surface area contributed by atoms with E-state index in [2.05, 4.69) is 4.83 Å². The zero-order valence-corrected chi connectivity index (χ0v) is 12.4. The van der Waals surface area contributed by atoms with Gasteiger partial charge in [-0.25, -0.2) is 0 Å². The second kappa shape index (κ2) is 5.21. The summed E-state index contributed by atoms with van der Waals surface area (Å²) in [6, 6.07) is 16.2. The zero-order chi connectivity index (χ0) is 14.9. The average Bonchev–Trinajstić information content (AvgIpc) is 2.48. The summed E-state index contributed by atoms with van der Waals surface area (Å²) in [5.74, 6) is 0. The molecule has 0 aliphatic carbocycles. The molecule has 1 aliphatic heterocycles. The van der Waals surface area contributed by atoms with Crippen LogP contribution in [0.3, 0.4) is 0 Å². The van der Waals surface area contributed by atoms with Gasteiger partial charge in [0.1, 0.15) is 0 Å². The third-order valence-electron chi connectivity index (χ3n) is 3.30. The Morgan fingerprint density at radius 2 is 1.71 bits per heavy atom. The van der Waals surface area contributed by atoms with Crippen molar-refractivity contribution in [1.29, 1.82) is 0 Å². The third-order valence-corrected chi connectivity index (χ3v) is 4.67. The van der Waals surface area contributed by atoms with Crippen LogP contribution in [0.4, 0.5) is 5.69 Å². The first-order valence-electron chi connectivity index (χ1n) is 6.55. The number of nitrogens with zero attached hydrogens (tertiary/aromatic N) is 2. The lowest BCUT2D eigenvalue weighted by atomic mass is 10.1. The van der Waals surface area contributed by atoms with E-state index in [1.165, 1.54) is 0 Å². The molecule has 3 rings (SSSR count). The summed E-state index contributed by atoms with van der Waals surface area (Å²) in [6.45, 7) is 0.447. The second-order valence-corrected chi connectivity index (χ2v) is 6.57. The van der Waals surface area contributed by atoms with Crippen LogP contribution < -0.4 is 9.73 Å². The predicted octanol–water partition coefficient (Wildman–Crippen LogP) is 1.42. The van der Waals surface area contributed by atoms with Gasteiger partial charge in [0.05, 0.1) is 16.1 Å². The molecule has 0 bridgehead atoms. The maximum absolute atomic E-state index is 12.3. The summed E-state index contributed by atoms with van der Waals surface area (Å²) >= 11 is 0. The highest BCUT2D eigenvalue weighted by Crippen LogP contribution is 2.20. The highest BCUT2D eigenvalue weighted by molar-refractivity contribution is 7.89. The number of anilines is 1. The molecule has 0 saturated carbocycles. The van der Waals surface area contributed by atoms with E-state index in [0.717, 1.165) is 11.3 Å². The molecular formula is C15H16N3O2S+. The Hall–Kier alpha value is -2.34.